The smallest absolute Gasteiger partial charge is 0.546 e. The summed E-state index contributed by atoms with van der Waals surface area (Å²) in [4.78, 5) is 0. The third-order valence-electron chi connectivity index (χ3n) is 3.03. The van der Waals surface area contributed by atoms with E-state index in [1.54, 1.807) is 0 Å². The molecule has 0 saturated carbocycles. The van der Waals surface area contributed by atoms with Crippen LogP contribution >= 0.6 is 0 Å². The molecule has 0 aliphatic carbocycles. The van der Waals surface area contributed by atoms with E-state index in [9.17, 15) is 0 Å². The van der Waals surface area contributed by atoms with E-state index in [0.29, 0.717) is 18.4 Å². The molecule has 0 aromatic heterocycles. The van der Waals surface area contributed by atoms with Gasteiger partial charge in [-0.05, 0) is 12.8 Å². The van der Waals surface area contributed by atoms with Gasteiger partial charge in [-0.1, -0.05) is 13.8 Å². The van der Waals surface area contributed by atoms with E-state index in [2.05, 4.69) is 13.8 Å². The fraction of sp³-hybridized carbons (Fsp3) is 0.818. The summed E-state index contributed by atoms with van der Waals surface area (Å²) in [6.45, 7) is 8.86. The molecule has 3 nitrogen and oxygen atoms in total. The van der Waals surface area contributed by atoms with E-state index in [0.717, 1.165) is 0 Å². The molecule has 88 valence electrons. The molecular formula is C11H20O3W. The first-order valence-corrected chi connectivity index (χ1v) is 4.94. The van der Waals surface area contributed by atoms with Gasteiger partial charge in [0, 0.05) is 0 Å². The van der Waals surface area contributed by atoms with Crippen LogP contribution < -0.4 is 0 Å². The third kappa shape index (κ3) is 3.26. The second kappa shape index (κ2) is 6.34. The Morgan fingerprint density at radius 3 is 2.53 bits per heavy atom. The van der Waals surface area contributed by atoms with Gasteiger partial charge in [0.1, 0.15) is 0 Å². The van der Waals surface area contributed by atoms with Crippen LogP contribution in [0.2, 0.25) is 0 Å². The quantitative estimate of drug-likeness (QED) is 0.599. The van der Waals surface area contributed by atoms with E-state index in [1.807, 2.05) is 13.5 Å². The molecular weight excluding hydrogens is 364 g/mol. The summed E-state index contributed by atoms with van der Waals surface area (Å²) in [5.74, 6) is 0.983. The molecule has 0 aromatic carbocycles. The summed E-state index contributed by atoms with van der Waals surface area (Å²) in [5, 5.41) is 0. The third-order valence-corrected chi connectivity index (χ3v) is 3.03. The molecule has 0 aromatic rings. The molecule has 2 rings (SSSR count). The number of hydrogen-bond acceptors (Lipinski definition) is 3. The van der Waals surface area contributed by atoms with Crippen molar-refractivity contribution < 1.29 is 35.3 Å². The summed E-state index contributed by atoms with van der Waals surface area (Å²) in [6, 6.07) is 0. The van der Waals surface area contributed by atoms with E-state index < -0.39 is 0 Å². The Kier molecular flexibility index (Phi) is 6.58. The molecule has 2 saturated heterocycles. The normalized spacial score (nSPS) is 44.6. The fourth-order valence-corrected chi connectivity index (χ4v) is 1.90. The zero-order chi connectivity index (χ0) is 9.42. The van der Waals surface area contributed by atoms with Crippen molar-refractivity contribution in [1.29, 1.82) is 0 Å². The van der Waals surface area contributed by atoms with Gasteiger partial charge in [-0.15, -0.1) is 5.92 Å². The van der Waals surface area contributed by atoms with Crippen LogP contribution in [-0.4, -0.2) is 25.1 Å². The zero-order valence-corrected chi connectivity index (χ0v) is 12.7. The second-order valence-electron chi connectivity index (χ2n) is 4.03. The molecule has 0 radical (unpaired) electrons. The molecule has 4 heteroatoms. The van der Waals surface area contributed by atoms with Gasteiger partial charge in [-0.25, -0.2) is 6.61 Å². The summed E-state index contributed by atoms with van der Waals surface area (Å²) < 4.78 is 16.6. The van der Waals surface area contributed by atoms with Crippen molar-refractivity contribution in [3.8, 4) is 0 Å². The van der Waals surface area contributed by atoms with Crippen molar-refractivity contribution in [2.24, 2.45) is 11.8 Å². The molecule has 5 atom stereocenters. The first-order valence-electron chi connectivity index (χ1n) is 4.94. The maximum Gasteiger partial charge on any atom is 2.00 e. The first-order chi connectivity index (χ1) is 6.18. The van der Waals surface area contributed by atoms with Gasteiger partial charge in [0.2, 0.25) is 0 Å². The van der Waals surface area contributed by atoms with Crippen LogP contribution in [0.3, 0.4) is 0 Å². The number of hydrogen-bond donors (Lipinski definition) is 0. The van der Waals surface area contributed by atoms with E-state index >= 15 is 0 Å². The summed E-state index contributed by atoms with van der Waals surface area (Å²) in [6.07, 6.45) is 0.212. The molecule has 2 aliphatic heterocycles. The Morgan fingerprint density at radius 1 is 1.20 bits per heavy atom. The van der Waals surface area contributed by atoms with Crippen molar-refractivity contribution >= 4 is 0 Å². The summed E-state index contributed by atoms with van der Waals surface area (Å²) >= 11 is 0. The molecule has 2 fully saturated rings. The van der Waals surface area contributed by atoms with Crippen LogP contribution in [0.15, 0.2) is 0 Å². The maximum atomic E-state index is 5.71. The van der Waals surface area contributed by atoms with E-state index in [1.165, 1.54) is 0 Å². The van der Waals surface area contributed by atoms with Gasteiger partial charge >= 0.3 is 21.1 Å². The monoisotopic (exact) mass is 384 g/mol. The molecule has 15 heavy (non-hydrogen) atoms. The number of fused-ring (bicyclic) bond motifs is 1. The molecule has 2 aliphatic rings. The van der Waals surface area contributed by atoms with Crippen LogP contribution in [-0.2, 0) is 35.3 Å². The Bertz CT molecular complexity index is 185. The van der Waals surface area contributed by atoms with Crippen LogP contribution in [0, 0.1) is 25.9 Å². The fourth-order valence-electron chi connectivity index (χ4n) is 1.90. The molecule has 2 heterocycles. The minimum atomic E-state index is -0.0856. The molecule has 5 unspecified atom stereocenters. The average molecular weight is 384 g/mol. The van der Waals surface area contributed by atoms with Crippen LogP contribution in [0.4, 0.5) is 0 Å². The zero-order valence-electron chi connectivity index (χ0n) is 9.80. The average Bonchev–Trinajstić information content (AvgIpc) is 2.12. The van der Waals surface area contributed by atoms with E-state index in [-0.39, 0.29) is 47.0 Å². The Balaban J connectivity index is 0.000000980. The first kappa shape index (κ1) is 15.6. The van der Waals surface area contributed by atoms with Crippen molar-refractivity contribution in [3.05, 3.63) is 14.0 Å². The van der Waals surface area contributed by atoms with Crippen LogP contribution in [0.1, 0.15) is 20.8 Å². The Morgan fingerprint density at radius 2 is 1.87 bits per heavy atom. The van der Waals surface area contributed by atoms with E-state index in [4.69, 9.17) is 14.2 Å². The number of rotatable bonds is 0. The summed E-state index contributed by atoms with van der Waals surface area (Å²) in [7, 11) is 0. The van der Waals surface area contributed by atoms with Crippen molar-refractivity contribution in [1.82, 2.24) is 0 Å². The minimum Gasteiger partial charge on any atom is -0.546 e. The maximum absolute atomic E-state index is 5.71. The Hall–Kier alpha value is 0.568. The predicted molar refractivity (Wildman–Crippen MR) is 54.2 cm³/mol. The standard InChI is InChI=1S/C10H17O3.CH3.W/c1-6-4-12-9-5-11-8(3)13-10(9)7(6)2;;/h4,6-10H,5H2,1-3H3;1H3;/q2*-1;+2. The molecule has 0 spiro atoms. The van der Waals surface area contributed by atoms with Crippen LogP contribution in [0.5, 0.6) is 0 Å². The Labute approximate surface area is 107 Å². The largest absolute Gasteiger partial charge is 2.00 e. The van der Waals surface area contributed by atoms with Crippen molar-refractivity contribution in [2.75, 3.05) is 6.61 Å². The minimum absolute atomic E-state index is 0. The van der Waals surface area contributed by atoms with Crippen LogP contribution in [0.25, 0.3) is 0 Å². The molecule has 0 bridgehead atoms. The second-order valence-corrected chi connectivity index (χ2v) is 4.03. The van der Waals surface area contributed by atoms with Crippen molar-refractivity contribution in [2.45, 2.75) is 39.3 Å². The van der Waals surface area contributed by atoms with Gasteiger partial charge in [0.05, 0.1) is 18.8 Å². The SMILES string of the molecule is CC1OCC2O[CH-]C(C)C(C)C2O1.[CH3-].[W+2]. The topological polar surface area (TPSA) is 27.7 Å². The predicted octanol–water partition coefficient (Wildman–Crippen LogP) is 2.03. The van der Waals surface area contributed by atoms with Gasteiger partial charge in [0.15, 0.2) is 6.29 Å². The van der Waals surface area contributed by atoms with Crippen molar-refractivity contribution in [3.63, 3.8) is 0 Å². The van der Waals surface area contributed by atoms with Gasteiger partial charge in [-0.2, -0.15) is 0 Å². The van der Waals surface area contributed by atoms with Gasteiger partial charge in [-0.3, -0.25) is 0 Å². The van der Waals surface area contributed by atoms with Gasteiger partial charge in [0.25, 0.3) is 0 Å². The summed E-state index contributed by atoms with van der Waals surface area (Å²) in [5.41, 5.74) is 0. The molecule has 0 N–H and O–H groups in total. The number of ether oxygens (including phenoxy) is 3. The van der Waals surface area contributed by atoms with Gasteiger partial charge < -0.3 is 21.6 Å². The molecule has 0 amide bonds.